The second-order valence-corrected chi connectivity index (χ2v) is 7.23. The third-order valence-corrected chi connectivity index (χ3v) is 4.93. The van der Waals surface area contributed by atoms with Crippen molar-refractivity contribution in [2.24, 2.45) is 0 Å². The molecule has 2 aromatic rings. The Morgan fingerprint density at radius 1 is 1.10 bits per heavy atom. The van der Waals surface area contributed by atoms with Crippen LogP contribution < -0.4 is 10.6 Å². The number of hydrogen-bond donors (Lipinski definition) is 2. The molecule has 0 saturated carbocycles. The third-order valence-electron chi connectivity index (χ3n) is 4.59. The number of amides is 2. The number of carbonyl (C=O) groups is 2. The Labute approximate surface area is 175 Å². The van der Waals surface area contributed by atoms with Gasteiger partial charge in [0.1, 0.15) is 0 Å². The molecule has 1 aliphatic rings. The van der Waals surface area contributed by atoms with Gasteiger partial charge in [-0.05, 0) is 31.2 Å². The first-order valence-electron chi connectivity index (χ1n) is 9.44. The van der Waals surface area contributed by atoms with E-state index in [1.165, 1.54) is 0 Å². The summed E-state index contributed by atoms with van der Waals surface area (Å²) in [6.07, 6.45) is 0. The zero-order chi connectivity index (χ0) is 20.8. The normalized spacial score (nSPS) is 16.4. The Balaban J connectivity index is 1.96. The van der Waals surface area contributed by atoms with E-state index in [9.17, 15) is 9.59 Å². The van der Waals surface area contributed by atoms with E-state index in [1.807, 2.05) is 48.3 Å². The molecule has 7 heteroatoms. The molecule has 1 aliphatic heterocycles. The Morgan fingerprint density at radius 3 is 2.48 bits per heavy atom. The van der Waals surface area contributed by atoms with Crippen LogP contribution in [-0.2, 0) is 16.1 Å². The molecule has 3 rings (SSSR count). The van der Waals surface area contributed by atoms with E-state index in [1.54, 1.807) is 25.1 Å². The highest BCUT2D eigenvalue weighted by atomic mass is 35.5. The van der Waals surface area contributed by atoms with Crippen molar-refractivity contribution in [1.29, 1.82) is 0 Å². The van der Waals surface area contributed by atoms with Crippen molar-refractivity contribution < 1.29 is 14.3 Å². The van der Waals surface area contributed by atoms with Gasteiger partial charge < -0.3 is 15.4 Å². The molecule has 1 heterocycles. The van der Waals surface area contributed by atoms with Crippen LogP contribution in [-0.4, -0.2) is 37.1 Å². The van der Waals surface area contributed by atoms with Gasteiger partial charge in [0.05, 0.1) is 18.2 Å². The summed E-state index contributed by atoms with van der Waals surface area (Å²) < 4.78 is 5.29. The molecule has 29 heavy (non-hydrogen) atoms. The fourth-order valence-corrected chi connectivity index (χ4v) is 3.60. The number of rotatable bonds is 7. The summed E-state index contributed by atoms with van der Waals surface area (Å²) in [5, 5.41) is 6.06. The maximum absolute atomic E-state index is 12.8. The summed E-state index contributed by atoms with van der Waals surface area (Å²) in [6, 6.07) is 16.1. The Kier molecular flexibility index (Phi) is 6.90. The zero-order valence-corrected chi connectivity index (χ0v) is 17.2. The number of urea groups is 1. The van der Waals surface area contributed by atoms with Gasteiger partial charge in [-0.1, -0.05) is 60.1 Å². The van der Waals surface area contributed by atoms with Gasteiger partial charge in [-0.3, -0.25) is 4.90 Å². The predicted molar refractivity (Wildman–Crippen MR) is 112 cm³/mol. The summed E-state index contributed by atoms with van der Waals surface area (Å²) >= 11 is 6.36. The molecule has 0 radical (unpaired) electrons. The topological polar surface area (TPSA) is 70.7 Å². The van der Waals surface area contributed by atoms with Gasteiger partial charge in [-0.2, -0.15) is 0 Å². The van der Waals surface area contributed by atoms with Gasteiger partial charge in [0, 0.05) is 23.8 Å². The van der Waals surface area contributed by atoms with Gasteiger partial charge in [-0.15, -0.1) is 0 Å². The molecule has 6 nitrogen and oxygen atoms in total. The Bertz CT molecular complexity index is 915. The molecule has 152 valence electrons. The maximum atomic E-state index is 12.8. The molecular weight excluding hydrogens is 390 g/mol. The number of carbonyl (C=O) groups excluding carboxylic acids is 2. The molecule has 0 aromatic heterocycles. The Morgan fingerprint density at radius 2 is 1.79 bits per heavy atom. The quantitative estimate of drug-likeness (QED) is 0.680. The standard InChI is InChI=1S/C22H24ClN3O3/c1-3-29-21(27)19-18(14-26(2)13-15-9-5-4-6-10-15)24-22(28)25-20(19)16-11-7-8-12-17(16)23/h4-12,20H,3,13-14H2,1-2H3,(H2,24,25,28). The van der Waals surface area contributed by atoms with E-state index in [0.717, 1.165) is 5.56 Å². The van der Waals surface area contributed by atoms with Crippen molar-refractivity contribution in [3.05, 3.63) is 82.0 Å². The van der Waals surface area contributed by atoms with Gasteiger partial charge >= 0.3 is 12.0 Å². The van der Waals surface area contributed by atoms with Gasteiger partial charge in [0.15, 0.2) is 0 Å². The average Bonchev–Trinajstić information content (AvgIpc) is 2.68. The summed E-state index contributed by atoms with van der Waals surface area (Å²) in [5.41, 5.74) is 2.65. The lowest BCUT2D eigenvalue weighted by molar-refractivity contribution is -0.139. The van der Waals surface area contributed by atoms with E-state index in [-0.39, 0.29) is 12.6 Å². The molecule has 2 aromatic carbocycles. The minimum absolute atomic E-state index is 0.235. The fourth-order valence-electron chi connectivity index (χ4n) is 3.36. The molecule has 1 atom stereocenters. The van der Waals surface area contributed by atoms with Gasteiger partial charge in [0.2, 0.25) is 0 Å². The molecule has 0 spiro atoms. The molecule has 2 N–H and O–H groups in total. The van der Waals surface area contributed by atoms with Gasteiger partial charge in [0.25, 0.3) is 0 Å². The smallest absolute Gasteiger partial charge is 0.338 e. The molecule has 0 fully saturated rings. The van der Waals surface area contributed by atoms with Crippen LogP contribution in [0.15, 0.2) is 65.9 Å². The van der Waals surface area contributed by atoms with Crippen LogP contribution in [0.1, 0.15) is 24.1 Å². The average molecular weight is 414 g/mol. The number of nitrogens with zero attached hydrogens (tertiary/aromatic N) is 1. The first kappa shape index (κ1) is 20.9. The van der Waals surface area contributed by atoms with Crippen LogP contribution in [0.5, 0.6) is 0 Å². The van der Waals surface area contributed by atoms with Crippen molar-refractivity contribution in [1.82, 2.24) is 15.5 Å². The lowest BCUT2D eigenvalue weighted by Gasteiger charge is -2.31. The molecule has 0 saturated heterocycles. The van der Waals surface area contributed by atoms with E-state index in [2.05, 4.69) is 10.6 Å². The van der Waals surface area contributed by atoms with E-state index >= 15 is 0 Å². The van der Waals surface area contributed by atoms with Crippen LogP contribution in [0.4, 0.5) is 4.79 Å². The number of hydrogen-bond acceptors (Lipinski definition) is 4. The minimum atomic E-state index is -0.684. The van der Waals surface area contributed by atoms with Crippen LogP contribution in [0.3, 0.4) is 0 Å². The number of ether oxygens (including phenoxy) is 1. The summed E-state index contributed by atoms with van der Waals surface area (Å²) in [6.45, 7) is 3.02. The summed E-state index contributed by atoms with van der Waals surface area (Å²) in [7, 11) is 1.93. The zero-order valence-electron chi connectivity index (χ0n) is 16.4. The summed E-state index contributed by atoms with van der Waals surface area (Å²) in [5.74, 6) is -0.479. The largest absolute Gasteiger partial charge is 0.463 e. The molecular formula is C22H24ClN3O3. The maximum Gasteiger partial charge on any atom is 0.338 e. The highest BCUT2D eigenvalue weighted by molar-refractivity contribution is 6.31. The van der Waals surface area contributed by atoms with E-state index < -0.39 is 12.0 Å². The van der Waals surface area contributed by atoms with Crippen molar-refractivity contribution in [3.8, 4) is 0 Å². The molecule has 1 unspecified atom stereocenters. The summed E-state index contributed by atoms with van der Waals surface area (Å²) in [4.78, 5) is 27.2. The van der Waals surface area contributed by atoms with Crippen molar-refractivity contribution in [3.63, 3.8) is 0 Å². The second-order valence-electron chi connectivity index (χ2n) is 6.82. The lowest BCUT2D eigenvalue weighted by atomic mass is 9.95. The van der Waals surface area contributed by atoms with E-state index in [0.29, 0.717) is 34.9 Å². The highest BCUT2D eigenvalue weighted by Crippen LogP contribution is 2.32. The molecule has 2 amide bonds. The first-order valence-corrected chi connectivity index (χ1v) is 9.82. The van der Waals surface area contributed by atoms with Crippen LogP contribution in [0, 0.1) is 0 Å². The van der Waals surface area contributed by atoms with Crippen molar-refractivity contribution in [2.45, 2.75) is 19.5 Å². The van der Waals surface area contributed by atoms with Crippen LogP contribution >= 0.6 is 11.6 Å². The van der Waals surface area contributed by atoms with Crippen molar-refractivity contribution >= 4 is 23.6 Å². The SMILES string of the molecule is CCOC(=O)C1=C(CN(C)Cc2ccccc2)NC(=O)NC1c1ccccc1Cl. The number of benzene rings is 2. The van der Waals surface area contributed by atoms with Crippen LogP contribution in [0.25, 0.3) is 0 Å². The molecule has 0 bridgehead atoms. The van der Waals surface area contributed by atoms with E-state index in [4.69, 9.17) is 16.3 Å². The lowest BCUT2D eigenvalue weighted by Crippen LogP contribution is -2.48. The first-order chi connectivity index (χ1) is 14.0. The minimum Gasteiger partial charge on any atom is -0.463 e. The van der Waals surface area contributed by atoms with Gasteiger partial charge in [-0.25, -0.2) is 9.59 Å². The highest BCUT2D eigenvalue weighted by Gasteiger charge is 2.34. The van der Waals surface area contributed by atoms with Crippen molar-refractivity contribution in [2.75, 3.05) is 20.2 Å². The number of halogens is 1. The monoisotopic (exact) mass is 413 g/mol. The predicted octanol–water partition coefficient (Wildman–Crippen LogP) is 3.64. The number of esters is 1. The number of likely N-dealkylation sites (N-methyl/N-ethyl adjacent to an activating group) is 1. The molecule has 0 aliphatic carbocycles. The number of nitrogens with one attached hydrogen (secondary N) is 2. The fraction of sp³-hybridized carbons (Fsp3) is 0.273. The van der Waals surface area contributed by atoms with Crippen LogP contribution in [0.2, 0.25) is 5.02 Å². The Hall–Kier alpha value is -2.83. The second kappa shape index (κ2) is 9.58. The third kappa shape index (κ3) is 5.16.